The van der Waals surface area contributed by atoms with Crippen LogP contribution in [0.1, 0.15) is 17.2 Å². The van der Waals surface area contributed by atoms with Gasteiger partial charge in [0.25, 0.3) is 11.8 Å². The number of ether oxygens (including phenoxy) is 3. The number of nitrogens with one attached hydrogen (secondary N) is 2. The van der Waals surface area contributed by atoms with Gasteiger partial charge in [0.1, 0.15) is 25.0 Å². The molecule has 2 N–H and O–H groups in total. The smallest absolute Gasteiger partial charge is 0.261 e. The highest BCUT2D eigenvalue weighted by Crippen LogP contribution is 2.36. The largest absolute Gasteiger partial charge is 0.486 e. The fourth-order valence-electron chi connectivity index (χ4n) is 4.82. The molecule has 1 atom stereocenters. The third kappa shape index (κ3) is 4.11. The van der Waals surface area contributed by atoms with Crippen LogP contribution in [0.25, 0.3) is 10.9 Å². The molecule has 0 spiro atoms. The molecule has 0 aliphatic carbocycles. The Morgan fingerprint density at radius 3 is 2.67 bits per heavy atom. The maximum Gasteiger partial charge on any atom is 0.261 e. The lowest BCUT2D eigenvalue weighted by atomic mass is 10.0. The highest BCUT2D eigenvalue weighted by atomic mass is 16.6. The number of carbonyl (C=O) groups is 2. The van der Waals surface area contributed by atoms with Crippen LogP contribution in [0.3, 0.4) is 0 Å². The van der Waals surface area contributed by atoms with Crippen LogP contribution in [0.15, 0.2) is 72.9 Å². The molecule has 0 saturated carbocycles. The summed E-state index contributed by atoms with van der Waals surface area (Å²) < 4.78 is 17.0. The average Bonchev–Trinajstić information content (AvgIpc) is 3.26. The number of fused-ring (bicyclic) bond motifs is 3. The SMILES string of the molecule is O=C(Nc1ccc2c(c1)OCCO2)C1c2ccccc2OCC(=O)N1CCc1c[nH]c2ccccc12. The van der Waals surface area contributed by atoms with E-state index in [0.717, 1.165) is 16.5 Å². The first-order chi connectivity index (χ1) is 17.7. The van der Waals surface area contributed by atoms with E-state index in [1.807, 2.05) is 42.6 Å². The van der Waals surface area contributed by atoms with Gasteiger partial charge < -0.3 is 29.4 Å². The molecule has 2 aliphatic rings. The van der Waals surface area contributed by atoms with Crippen molar-refractivity contribution in [1.82, 2.24) is 9.88 Å². The van der Waals surface area contributed by atoms with Crippen LogP contribution >= 0.6 is 0 Å². The van der Waals surface area contributed by atoms with Crippen molar-refractivity contribution < 1.29 is 23.8 Å². The molecule has 2 aliphatic heterocycles. The first-order valence-corrected chi connectivity index (χ1v) is 11.9. The Hall–Kier alpha value is -4.46. The number of H-pyrrole nitrogens is 1. The van der Waals surface area contributed by atoms with Crippen molar-refractivity contribution in [1.29, 1.82) is 0 Å². The Labute approximate surface area is 207 Å². The van der Waals surface area contributed by atoms with Crippen LogP contribution in [0.2, 0.25) is 0 Å². The van der Waals surface area contributed by atoms with Crippen LogP contribution < -0.4 is 19.5 Å². The number of carbonyl (C=O) groups excluding carboxylic acids is 2. The predicted molar refractivity (Wildman–Crippen MR) is 134 cm³/mol. The molecule has 0 fully saturated rings. The molecule has 0 bridgehead atoms. The van der Waals surface area contributed by atoms with Crippen molar-refractivity contribution in [3.63, 3.8) is 0 Å². The van der Waals surface area contributed by atoms with Crippen LogP contribution in [-0.4, -0.2) is 48.1 Å². The van der Waals surface area contributed by atoms with Crippen molar-refractivity contribution in [3.05, 3.63) is 84.1 Å². The third-order valence-corrected chi connectivity index (χ3v) is 6.55. The van der Waals surface area contributed by atoms with Gasteiger partial charge in [0.2, 0.25) is 0 Å². The molecule has 6 rings (SSSR count). The number of para-hydroxylation sites is 2. The van der Waals surface area contributed by atoms with Crippen LogP contribution in [-0.2, 0) is 16.0 Å². The van der Waals surface area contributed by atoms with E-state index in [4.69, 9.17) is 14.2 Å². The first-order valence-electron chi connectivity index (χ1n) is 11.9. The van der Waals surface area contributed by atoms with Crippen molar-refractivity contribution in [3.8, 4) is 17.2 Å². The van der Waals surface area contributed by atoms with Gasteiger partial charge in [-0.3, -0.25) is 9.59 Å². The third-order valence-electron chi connectivity index (χ3n) is 6.55. The lowest BCUT2D eigenvalue weighted by Gasteiger charge is -2.29. The minimum atomic E-state index is -0.852. The van der Waals surface area contributed by atoms with Crippen molar-refractivity contribution in [2.45, 2.75) is 12.5 Å². The molecular formula is C28H25N3O5. The molecule has 3 aromatic carbocycles. The summed E-state index contributed by atoms with van der Waals surface area (Å²) in [6.45, 7) is 1.18. The van der Waals surface area contributed by atoms with E-state index in [1.165, 1.54) is 0 Å². The highest BCUT2D eigenvalue weighted by molar-refractivity contribution is 5.99. The number of anilines is 1. The van der Waals surface area contributed by atoms with E-state index in [2.05, 4.69) is 16.4 Å². The van der Waals surface area contributed by atoms with Gasteiger partial charge in [-0.25, -0.2) is 0 Å². The van der Waals surface area contributed by atoms with E-state index in [1.54, 1.807) is 29.2 Å². The van der Waals surface area contributed by atoms with Gasteiger partial charge in [0, 0.05) is 41.0 Å². The summed E-state index contributed by atoms with van der Waals surface area (Å²) in [6, 6.07) is 19.8. The monoisotopic (exact) mass is 483 g/mol. The fourth-order valence-corrected chi connectivity index (χ4v) is 4.82. The standard InChI is InChI=1S/C28H25N3O5/c32-26-17-36-23-8-4-2-6-21(23)27(28(33)30-19-9-10-24-25(15-19)35-14-13-34-24)31(26)12-11-18-16-29-22-7-3-1-5-20(18)22/h1-10,15-16,27,29H,11-14,17H2,(H,30,33). The predicted octanol–water partition coefficient (Wildman–Crippen LogP) is 4.08. The normalized spacial score (nSPS) is 16.7. The minimum Gasteiger partial charge on any atom is -0.486 e. The van der Waals surface area contributed by atoms with Gasteiger partial charge in [-0.2, -0.15) is 0 Å². The molecule has 4 aromatic rings. The maximum absolute atomic E-state index is 13.7. The van der Waals surface area contributed by atoms with Gasteiger partial charge in [-0.15, -0.1) is 0 Å². The van der Waals surface area contributed by atoms with Gasteiger partial charge in [0.15, 0.2) is 18.1 Å². The molecule has 1 aromatic heterocycles. The Morgan fingerprint density at radius 1 is 0.944 bits per heavy atom. The number of rotatable bonds is 5. The summed E-state index contributed by atoms with van der Waals surface area (Å²) in [6.07, 6.45) is 2.55. The second-order valence-electron chi connectivity index (χ2n) is 8.77. The zero-order valence-electron chi connectivity index (χ0n) is 19.5. The molecule has 8 nitrogen and oxygen atoms in total. The number of hydrogen-bond acceptors (Lipinski definition) is 5. The molecule has 3 heterocycles. The minimum absolute atomic E-state index is 0.126. The Bertz CT molecular complexity index is 1450. The number of nitrogens with zero attached hydrogens (tertiary/aromatic N) is 1. The van der Waals surface area contributed by atoms with E-state index in [0.29, 0.717) is 54.7 Å². The lowest BCUT2D eigenvalue weighted by molar-refractivity contribution is -0.139. The van der Waals surface area contributed by atoms with E-state index in [9.17, 15) is 9.59 Å². The van der Waals surface area contributed by atoms with Gasteiger partial charge in [-0.05, 0) is 36.2 Å². The number of aromatic nitrogens is 1. The molecular weight excluding hydrogens is 458 g/mol. The Kier molecular flexibility index (Phi) is 5.69. The van der Waals surface area contributed by atoms with Crippen LogP contribution in [0.4, 0.5) is 5.69 Å². The Morgan fingerprint density at radius 2 is 1.75 bits per heavy atom. The number of benzene rings is 3. The van der Waals surface area contributed by atoms with Crippen LogP contribution in [0, 0.1) is 0 Å². The van der Waals surface area contributed by atoms with Crippen molar-refractivity contribution in [2.75, 3.05) is 31.7 Å². The topological polar surface area (TPSA) is 92.9 Å². The van der Waals surface area contributed by atoms with Crippen molar-refractivity contribution in [2.24, 2.45) is 0 Å². The zero-order chi connectivity index (χ0) is 24.5. The maximum atomic E-state index is 13.7. The number of amides is 2. The summed E-state index contributed by atoms with van der Waals surface area (Å²) in [5.41, 5.74) is 3.34. The average molecular weight is 484 g/mol. The van der Waals surface area contributed by atoms with Gasteiger partial charge in [-0.1, -0.05) is 36.4 Å². The highest BCUT2D eigenvalue weighted by Gasteiger charge is 2.36. The number of hydrogen-bond donors (Lipinski definition) is 2. The zero-order valence-corrected chi connectivity index (χ0v) is 19.5. The van der Waals surface area contributed by atoms with Gasteiger partial charge in [0.05, 0.1) is 0 Å². The van der Waals surface area contributed by atoms with Gasteiger partial charge >= 0.3 is 0 Å². The molecule has 36 heavy (non-hydrogen) atoms. The second-order valence-corrected chi connectivity index (χ2v) is 8.77. The lowest BCUT2D eigenvalue weighted by Crippen LogP contribution is -2.42. The molecule has 2 amide bonds. The first kappa shape index (κ1) is 22.0. The summed E-state index contributed by atoms with van der Waals surface area (Å²) in [5, 5.41) is 4.08. The molecule has 1 unspecified atom stereocenters. The van der Waals surface area contributed by atoms with E-state index < -0.39 is 6.04 Å². The van der Waals surface area contributed by atoms with E-state index in [-0.39, 0.29) is 18.4 Å². The summed E-state index contributed by atoms with van der Waals surface area (Å²) in [4.78, 5) is 31.9. The summed E-state index contributed by atoms with van der Waals surface area (Å²) in [5.74, 6) is 1.19. The molecule has 182 valence electrons. The number of aromatic amines is 1. The summed E-state index contributed by atoms with van der Waals surface area (Å²) in [7, 11) is 0. The van der Waals surface area contributed by atoms with Crippen molar-refractivity contribution >= 4 is 28.4 Å². The Balaban J connectivity index is 1.31. The quantitative estimate of drug-likeness (QED) is 0.446. The summed E-state index contributed by atoms with van der Waals surface area (Å²) >= 11 is 0. The van der Waals surface area contributed by atoms with E-state index >= 15 is 0 Å². The molecule has 0 saturated heterocycles. The molecule has 8 heteroatoms. The fraction of sp³-hybridized carbons (Fsp3) is 0.214. The van der Waals surface area contributed by atoms with Crippen LogP contribution in [0.5, 0.6) is 17.2 Å². The molecule has 0 radical (unpaired) electrons. The second kappa shape index (κ2) is 9.30.